The van der Waals surface area contributed by atoms with E-state index in [2.05, 4.69) is 30.8 Å². The second-order valence-corrected chi connectivity index (χ2v) is 8.79. The van der Waals surface area contributed by atoms with Crippen molar-refractivity contribution >= 4 is 22.6 Å². The van der Waals surface area contributed by atoms with Crippen LogP contribution in [0.5, 0.6) is 0 Å². The molecule has 1 unspecified atom stereocenters. The Hall–Kier alpha value is 0.120. The van der Waals surface area contributed by atoms with Crippen molar-refractivity contribution in [2.24, 2.45) is 11.3 Å². The Morgan fingerprint density at radius 1 is 1.29 bits per heavy atom. The molecule has 2 aliphatic heterocycles. The molecule has 2 N–H and O–H groups in total. The quantitative estimate of drug-likeness (QED) is 0.820. The van der Waals surface area contributed by atoms with Gasteiger partial charge in [-0.15, -0.1) is 12.4 Å². The molecular weight excluding hydrogens is 310 g/mol. The van der Waals surface area contributed by atoms with Crippen LogP contribution < -0.4 is 10.0 Å². The van der Waals surface area contributed by atoms with Crippen LogP contribution in [0.4, 0.5) is 0 Å². The third-order valence-corrected chi connectivity index (χ3v) is 6.46. The summed E-state index contributed by atoms with van der Waals surface area (Å²) in [5, 5.41) is 3.45. The van der Waals surface area contributed by atoms with E-state index in [0.717, 1.165) is 25.8 Å². The number of rotatable bonds is 4. The van der Waals surface area contributed by atoms with Crippen LogP contribution in [0.15, 0.2) is 0 Å². The third kappa shape index (κ3) is 5.06. The minimum absolute atomic E-state index is 0. The highest BCUT2D eigenvalue weighted by atomic mass is 35.5. The standard InChI is InChI=1S/C14H29N3O2S.ClH/c1-12-5-9-17(10-6-12)20(18,19)16-11-13-14(2,3)7-4-8-15-13;/h12-13,15-16H,4-11H2,1-3H3;1H. The highest BCUT2D eigenvalue weighted by Gasteiger charge is 2.34. The molecule has 5 nitrogen and oxygen atoms in total. The predicted octanol–water partition coefficient (Wildman–Crippen LogP) is 1.75. The molecular formula is C14H30ClN3O2S. The summed E-state index contributed by atoms with van der Waals surface area (Å²) in [5.74, 6) is 0.639. The molecule has 2 saturated heterocycles. The zero-order valence-corrected chi connectivity index (χ0v) is 15.0. The molecule has 0 aromatic heterocycles. The van der Waals surface area contributed by atoms with Gasteiger partial charge in [0.15, 0.2) is 0 Å². The van der Waals surface area contributed by atoms with E-state index in [1.165, 1.54) is 6.42 Å². The normalized spacial score (nSPS) is 28.0. The van der Waals surface area contributed by atoms with E-state index in [-0.39, 0.29) is 23.9 Å². The van der Waals surface area contributed by atoms with Gasteiger partial charge in [-0.05, 0) is 43.6 Å². The van der Waals surface area contributed by atoms with Crippen LogP contribution in [0.2, 0.25) is 0 Å². The van der Waals surface area contributed by atoms with Crippen LogP contribution >= 0.6 is 12.4 Å². The molecule has 0 aromatic rings. The van der Waals surface area contributed by atoms with Crippen LogP contribution in [-0.2, 0) is 10.2 Å². The van der Waals surface area contributed by atoms with Gasteiger partial charge in [-0.25, -0.2) is 4.72 Å². The predicted molar refractivity (Wildman–Crippen MR) is 88.9 cm³/mol. The first-order valence-corrected chi connectivity index (χ1v) is 9.23. The third-order valence-electron chi connectivity index (χ3n) is 4.88. The molecule has 0 saturated carbocycles. The van der Waals surface area contributed by atoms with Crippen LogP contribution in [0.1, 0.15) is 46.5 Å². The van der Waals surface area contributed by atoms with Gasteiger partial charge in [0.2, 0.25) is 0 Å². The largest absolute Gasteiger partial charge is 0.312 e. The SMILES string of the molecule is CC1CCN(S(=O)(=O)NCC2NCCCC2(C)C)CC1.Cl. The van der Waals surface area contributed by atoms with E-state index in [1.807, 2.05) is 0 Å². The van der Waals surface area contributed by atoms with E-state index in [9.17, 15) is 8.42 Å². The number of nitrogens with zero attached hydrogens (tertiary/aromatic N) is 1. The highest BCUT2D eigenvalue weighted by molar-refractivity contribution is 7.87. The zero-order chi connectivity index (χ0) is 14.8. The topological polar surface area (TPSA) is 61.4 Å². The van der Waals surface area contributed by atoms with Gasteiger partial charge in [0.05, 0.1) is 0 Å². The van der Waals surface area contributed by atoms with Gasteiger partial charge in [-0.3, -0.25) is 0 Å². The van der Waals surface area contributed by atoms with Crippen LogP contribution in [0.25, 0.3) is 0 Å². The average Bonchev–Trinajstić information content (AvgIpc) is 2.37. The van der Waals surface area contributed by atoms with Crippen molar-refractivity contribution in [2.45, 2.75) is 52.5 Å². The first-order chi connectivity index (χ1) is 9.31. The van der Waals surface area contributed by atoms with E-state index in [4.69, 9.17) is 0 Å². The molecule has 0 aromatic carbocycles. The zero-order valence-electron chi connectivity index (χ0n) is 13.4. The van der Waals surface area contributed by atoms with Gasteiger partial charge >= 0.3 is 0 Å². The van der Waals surface area contributed by atoms with Crippen LogP contribution in [-0.4, -0.2) is 44.9 Å². The monoisotopic (exact) mass is 339 g/mol. The van der Waals surface area contributed by atoms with Crippen molar-refractivity contribution in [3.8, 4) is 0 Å². The molecule has 1 atom stereocenters. The van der Waals surface area contributed by atoms with Crippen molar-refractivity contribution in [1.29, 1.82) is 0 Å². The molecule has 2 aliphatic rings. The number of piperidine rings is 2. The summed E-state index contributed by atoms with van der Waals surface area (Å²) >= 11 is 0. The van der Waals surface area contributed by atoms with Crippen LogP contribution in [0.3, 0.4) is 0 Å². The van der Waals surface area contributed by atoms with Gasteiger partial charge in [0.25, 0.3) is 10.2 Å². The van der Waals surface area contributed by atoms with Crippen molar-refractivity contribution in [3.63, 3.8) is 0 Å². The number of hydrogen-bond donors (Lipinski definition) is 2. The Kier molecular flexibility index (Phi) is 6.93. The molecule has 2 rings (SSSR count). The molecule has 0 aliphatic carbocycles. The molecule has 0 amide bonds. The van der Waals surface area contributed by atoms with Crippen molar-refractivity contribution in [1.82, 2.24) is 14.3 Å². The lowest BCUT2D eigenvalue weighted by molar-refractivity contribution is 0.180. The fourth-order valence-electron chi connectivity index (χ4n) is 3.12. The van der Waals surface area contributed by atoms with Gasteiger partial charge in [-0.1, -0.05) is 20.8 Å². The fourth-order valence-corrected chi connectivity index (χ4v) is 4.38. The summed E-state index contributed by atoms with van der Waals surface area (Å²) in [4.78, 5) is 0. The Morgan fingerprint density at radius 2 is 1.90 bits per heavy atom. The molecule has 21 heavy (non-hydrogen) atoms. The molecule has 0 bridgehead atoms. The minimum Gasteiger partial charge on any atom is -0.312 e. The van der Waals surface area contributed by atoms with Crippen molar-refractivity contribution in [3.05, 3.63) is 0 Å². The maximum atomic E-state index is 12.3. The van der Waals surface area contributed by atoms with Crippen molar-refractivity contribution < 1.29 is 8.42 Å². The lowest BCUT2D eigenvalue weighted by Crippen LogP contribution is -2.55. The second-order valence-electron chi connectivity index (χ2n) is 7.03. The second kappa shape index (κ2) is 7.59. The van der Waals surface area contributed by atoms with E-state index < -0.39 is 10.2 Å². The number of halogens is 1. The van der Waals surface area contributed by atoms with Gasteiger partial charge in [0.1, 0.15) is 0 Å². The summed E-state index contributed by atoms with van der Waals surface area (Å²) < 4.78 is 29.1. The van der Waals surface area contributed by atoms with Crippen LogP contribution in [0, 0.1) is 11.3 Å². The first-order valence-electron chi connectivity index (χ1n) is 7.79. The fraction of sp³-hybridized carbons (Fsp3) is 1.00. The average molecular weight is 340 g/mol. The number of nitrogens with one attached hydrogen (secondary N) is 2. The summed E-state index contributed by atoms with van der Waals surface area (Å²) in [6.45, 7) is 9.38. The molecule has 7 heteroatoms. The van der Waals surface area contributed by atoms with Gasteiger partial charge < -0.3 is 5.32 Å². The molecule has 126 valence electrons. The summed E-state index contributed by atoms with van der Waals surface area (Å²) in [6.07, 6.45) is 4.25. The maximum Gasteiger partial charge on any atom is 0.279 e. The number of hydrogen-bond acceptors (Lipinski definition) is 3. The lowest BCUT2D eigenvalue weighted by atomic mass is 9.78. The molecule has 0 spiro atoms. The Morgan fingerprint density at radius 3 is 2.48 bits per heavy atom. The highest BCUT2D eigenvalue weighted by Crippen LogP contribution is 2.29. The summed E-state index contributed by atoms with van der Waals surface area (Å²) in [7, 11) is -3.31. The van der Waals surface area contributed by atoms with E-state index in [1.54, 1.807) is 4.31 Å². The van der Waals surface area contributed by atoms with E-state index >= 15 is 0 Å². The molecule has 2 heterocycles. The Bertz CT molecular complexity index is 420. The summed E-state index contributed by atoms with van der Waals surface area (Å²) in [5.41, 5.74) is 0.150. The Balaban J connectivity index is 0.00000220. The van der Waals surface area contributed by atoms with Gasteiger partial charge in [0, 0.05) is 25.7 Å². The molecule has 0 radical (unpaired) electrons. The Labute approximate surface area is 135 Å². The summed E-state index contributed by atoms with van der Waals surface area (Å²) in [6, 6.07) is 0.217. The lowest BCUT2D eigenvalue weighted by Gasteiger charge is -2.40. The smallest absolute Gasteiger partial charge is 0.279 e. The van der Waals surface area contributed by atoms with Gasteiger partial charge in [-0.2, -0.15) is 12.7 Å². The van der Waals surface area contributed by atoms with Crippen molar-refractivity contribution in [2.75, 3.05) is 26.2 Å². The molecule has 2 fully saturated rings. The first kappa shape index (κ1) is 19.2. The van der Waals surface area contributed by atoms with E-state index in [0.29, 0.717) is 25.6 Å². The maximum absolute atomic E-state index is 12.3. The minimum atomic E-state index is -3.31.